The number of halogens is 1. The summed E-state index contributed by atoms with van der Waals surface area (Å²) in [5, 5.41) is 1.10. The number of fused-ring (bicyclic) bond motifs is 1. The molecule has 2 aromatic heterocycles. The molecule has 1 fully saturated rings. The highest BCUT2D eigenvalue weighted by molar-refractivity contribution is 5.84. The zero-order valence-corrected chi connectivity index (χ0v) is 13.7. The number of hydrogen-bond donors (Lipinski definition) is 1. The van der Waals surface area contributed by atoms with Gasteiger partial charge in [0.05, 0.1) is 13.2 Å². The number of pyridine rings is 1. The van der Waals surface area contributed by atoms with E-state index in [-0.39, 0.29) is 5.82 Å². The van der Waals surface area contributed by atoms with Crippen LogP contribution in [0.4, 0.5) is 4.39 Å². The summed E-state index contributed by atoms with van der Waals surface area (Å²) in [6.45, 7) is 5.80. The van der Waals surface area contributed by atoms with Crippen LogP contribution >= 0.6 is 0 Å². The fourth-order valence-electron chi connectivity index (χ4n) is 3.17. The van der Waals surface area contributed by atoms with E-state index in [1.54, 1.807) is 6.07 Å². The molecule has 0 saturated carbocycles. The summed E-state index contributed by atoms with van der Waals surface area (Å²) in [6, 6.07) is 7.43. The van der Waals surface area contributed by atoms with Gasteiger partial charge in [-0.15, -0.1) is 0 Å². The van der Waals surface area contributed by atoms with Crippen molar-refractivity contribution in [1.82, 2.24) is 14.9 Å². The second kappa shape index (κ2) is 6.34. The Morgan fingerprint density at radius 1 is 1.21 bits per heavy atom. The fraction of sp³-hybridized carbons (Fsp3) is 0.316. The number of hydrogen-bond acceptors (Lipinski definition) is 3. The first-order valence-corrected chi connectivity index (χ1v) is 8.23. The molecule has 1 N–H and O–H groups in total. The number of aryl methyl sites for hydroxylation is 1. The topological polar surface area (TPSA) is 41.2 Å². The molecule has 3 heterocycles. The van der Waals surface area contributed by atoms with Crippen LogP contribution < -0.4 is 0 Å². The maximum atomic E-state index is 14.2. The third-order valence-corrected chi connectivity index (χ3v) is 4.61. The van der Waals surface area contributed by atoms with E-state index in [1.165, 1.54) is 0 Å². The molecule has 1 aliphatic rings. The Kier molecular flexibility index (Phi) is 4.04. The van der Waals surface area contributed by atoms with Crippen molar-refractivity contribution in [2.75, 3.05) is 26.3 Å². The van der Waals surface area contributed by atoms with Gasteiger partial charge in [0.25, 0.3) is 0 Å². The summed E-state index contributed by atoms with van der Waals surface area (Å²) >= 11 is 0. The van der Waals surface area contributed by atoms with E-state index in [1.807, 2.05) is 24.5 Å². The van der Waals surface area contributed by atoms with Crippen LogP contribution in [0.1, 0.15) is 11.1 Å². The molecule has 4 rings (SSSR count). The van der Waals surface area contributed by atoms with Crippen molar-refractivity contribution in [2.45, 2.75) is 13.5 Å². The fourth-order valence-corrected chi connectivity index (χ4v) is 3.17. The third-order valence-electron chi connectivity index (χ3n) is 4.61. The number of aromatic amines is 1. The second-order valence-corrected chi connectivity index (χ2v) is 6.29. The van der Waals surface area contributed by atoms with Gasteiger partial charge in [0.15, 0.2) is 0 Å². The Labute approximate surface area is 140 Å². The predicted molar refractivity (Wildman–Crippen MR) is 92.3 cm³/mol. The van der Waals surface area contributed by atoms with Gasteiger partial charge in [-0.3, -0.25) is 4.90 Å². The van der Waals surface area contributed by atoms with Gasteiger partial charge < -0.3 is 9.72 Å². The van der Waals surface area contributed by atoms with E-state index in [2.05, 4.69) is 27.9 Å². The Bertz CT molecular complexity index is 868. The number of nitrogens with one attached hydrogen (secondary N) is 1. The van der Waals surface area contributed by atoms with Crippen molar-refractivity contribution in [2.24, 2.45) is 0 Å². The lowest BCUT2D eigenvalue weighted by atomic mass is 10.0. The number of ether oxygens (including phenoxy) is 1. The predicted octanol–water partition coefficient (Wildman–Crippen LogP) is 3.51. The van der Waals surface area contributed by atoms with Crippen LogP contribution in [0.15, 0.2) is 36.7 Å². The average molecular weight is 325 g/mol. The molecule has 0 unspecified atom stereocenters. The first kappa shape index (κ1) is 15.3. The van der Waals surface area contributed by atoms with E-state index in [9.17, 15) is 4.39 Å². The Morgan fingerprint density at radius 3 is 2.88 bits per heavy atom. The molecule has 0 bridgehead atoms. The van der Waals surface area contributed by atoms with E-state index >= 15 is 0 Å². The standard InChI is InChI=1S/C19H20FN3O/c1-13-10-21-19-17(13)9-15(11-22-19)14-2-3-18(20)16(8-14)12-23-4-6-24-7-5-23/h2-3,8-11H,4-7,12H2,1H3,(H,21,22). The summed E-state index contributed by atoms with van der Waals surface area (Å²) in [4.78, 5) is 9.85. The van der Waals surface area contributed by atoms with Crippen molar-refractivity contribution in [3.63, 3.8) is 0 Å². The van der Waals surface area contributed by atoms with Gasteiger partial charge in [-0.1, -0.05) is 6.07 Å². The molecule has 124 valence electrons. The van der Waals surface area contributed by atoms with Gasteiger partial charge in [0.2, 0.25) is 0 Å². The number of benzene rings is 1. The van der Waals surface area contributed by atoms with Gasteiger partial charge in [0, 0.05) is 48.5 Å². The molecule has 5 heteroatoms. The first-order chi connectivity index (χ1) is 11.7. The lowest BCUT2D eigenvalue weighted by molar-refractivity contribution is 0.0337. The van der Waals surface area contributed by atoms with Gasteiger partial charge in [0.1, 0.15) is 11.5 Å². The van der Waals surface area contributed by atoms with Crippen molar-refractivity contribution < 1.29 is 9.13 Å². The lowest BCUT2D eigenvalue weighted by Gasteiger charge is -2.26. The Hall–Kier alpha value is -2.24. The number of nitrogens with zero attached hydrogens (tertiary/aromatic N) is 2. The zero-order valence-electron chi connectivity index (χ0n) is 13.7. The van der Waals surface area contributed by atoms with Crippen LogP contribution in [0.3, 0.4) is 0 Å². The zero-order chi connectivity index (χ0) is 16.5. The number of morpholine rings is 1. The quantitative estimate of drug-likeness (QED) is 0.801. The summed E-state index contributed by atoms with van der Waals surface area (Å²) in [6.07, 6.45) is 3.79. The van der Waals surface area contributed by atoms with Crippen LogP contribution in [0, 0.1) is 12.7 Å². The van der Waals surface area contributed by atoms with Crippen molar-refractivity contribution >= 4 is 11.0 Å². The molecule has 24 heavy (non-hydrogen) atoms. The maximum Gasteiger partial charge on any atom is 0.137 e. The molecule has 1 aliphatic heterocycles. The average Bonchev–Trinajstić information content (AvgIpc) is 2.98. The van der Waals surface area contributed by atoms with Crippen molar-refractivity contribution in [1.29, 1.82) is 0 Å². The molecular formula is C19H20FN3O. The number of H-pyrrole nitrogens is 1. The molecular weight excluding hydrogens is 305 g/mol. The molecule has 3 aromatic rings. The number of rotatable bonds is 3. The van der Waals surface area contributed by atoms with E-state index in [4.69, 9.17) is 4.74 Å². The van der Waals surface area contributed by atoms with E-state index in [0.29, 0.717) is 19.8 Å². The molecule has 0 atom stereocenters. The highest BCUT2D eigenvalue weighted by Gasteiger charge is 2.14. The van der Waals surface area contributed by atoms with Gasteiger partial charge >= 0.3 is 0 Å². The first-order valence-electron chi connectivity index (χ1n) is 8.23. The van der Waals surface area contributed by atoms with Crippen LogP contribution in [-0.4, -0.2) is 41.2 Å². The summed E-state index contributed by atoms with van der Waals surface area (Å²) in [7, 11) is 0. The third kappa shape index (κ3) is 2.92. The number of aromatic nitrogens is 2. The Morgan fingerprint density at radius 2 is 2.04 bits per heavy atom. The molecule has 1 saturated heterocycles. The SMILES string of the molecule is Cc1c[nH]c2ncc(-c3ccc(F)c(CN4CCOCC4)c3)cc12. The molecule has 0 amide bonds. The van der Waals surface area contributed by atoms with Crippen molar-refractivity contribution in [3.05, 3.63) is 53.6 Å². The van der Waals surface area contributed by atoms with Crippen LogP contribution in [-0.2, 0) is 11.3 Å². The van der Waals surface area contributed by atoms with E-state index < -0.39 is 0 Å². The van der Waals surface area contributed by atoms with Gasteiger partial charge in [-0.25, -0.2) is 9.37 Å². The highest BCUT2D eigenvalue weighted by atomic mass is 19.1. The smallest absolute Gasteiger partial charge is 0.137 e. The minimum atomic E-state index is -0.155. The second-order valence-electron chi connectivity index (χ2n) is 6.29. The van der Waals surface area contributed by atoms with Crippen LogP contribution in [0.2, 0.25) is 0 Å². The molecule has 1 aromatic carbocycles. The monoisotopic (exact) mass is 325 g/mol. The largest absolute Gasteiger partial charge is 0.379 e. The molecule has 0 aliphatic carbocycles. The van der Waals surface area contributed by atoms with E-state index in [0.717, 1.165) is 46.4 Å². The maximum absolute atomic E-state index is 14.2. The van der Waals surface area contributed by atoms with Gasteiger partial charge in [-0.05, 0) is 36.2 Å². The minimum Gasteiger partial charge on any atom is -0.379 e. The molecule has 0 radical (unpaired) electrons. The molecule has 0 spiro atoms. The molecule has 4 nitrogen and oxygen atoms in total. The summed E-state index contributed by atoms with van der Waals surface area (Å²) in [5.41, 5.74) is 4.77. The van der Waals surface area contributed by atoms with Crippen LogP contribution in [0.25, 0.3) is 22.2 Å². The Balaban J connectivity index is 1.66. The minimum absolute atomic E-state index is 0.155. The normalized spacial score (nSPS) is 15.9. The van der Waals surface area contributed by atoms with Crippen molar-refractivity contribution in [3.8, 4) is 11.1 Å². The lowest BCUT2D eigenvalue weighted by Crippen LogP contribution is -2.35. The highest BCUT2D eigenvalue weighted by Crippen LogP contribution is 2.26. The summed E-state index contributed by atoms with van der Waals surface area (Å²) < 4.78 is 19.6. The summed E-state index contributed by atoms with van der Waals surface area (Å²) in [5.74, 6) is -0.155. The van der Waals surface area contributed by atoms with Gasteiger partial charge in [-0.2, -0.15) is 0 Å². The van der Waals surface area contributed by atoms with Crippen LogP contribution in [0.5, 0.6) is 0 Å².